The highest BCUT2D eigenvalue weighted by Crippen LogP contribution is 2.15. The van der Waals surface area contributed by atoms with Gasteiger partial charge in [0.05, 0.1) is 6.20 Å². The van der Waals surface area contributed by atoms with Crippen LogP contribution in [0.1, 0.15) is 6.92 Å². The SMILES string of the molecule is CCNC(=O)COc1cncc(Br)c1. The number of rotatable bonds is 4. The van der Waals surface area contributed by atoms with Gasteiger partial charge in [0.2, 0.25) is 0 Å². The summed E-state index contributed by atoms with van der Waals surface area (Å²) in [5.41, 5.74) is 0. The third-order valence-electron chi connectivity index (χ3n) is 1.42. The zero-order chi connectivity index (χ0) is 10.4. The highest BCUT2D eigenvalue weighted by molar-refractivity contribution is 9.10. The maximum Gasteiger partial charge on any atom is 0.257 e. The highest BCUT2D eigenvalue weighted by atomic mass is 79.9. The van der Waals surface area contributed by atoms with Crippen molar-refractivity contribution in [1.29, 1.82) is 0 Å². The van der Waals surface area contributed by atoms with E-state index in [0.717, 1.165) is 4.47 Å². The molecule has 4 nitrogen and oxygen atoms in total. The number of nitrogens with one attached hydrogen (secondary N) is 1. The number of carbonyl (C=O) groups excluding carboxylic acids is 1. The molecule has 0 bridgehead atoms. The molecule has 0 aliphatic rings. The number of hydrogen-bond acceptors (Lipinski definition) is 3. The van der Waals surface area contributed by atoms with Crippen LogP contribution in [0.25, 0.3) is 0 Å². The number of hydrogen-bond donors (Lipinski definition) is 1. The molecule has 1 aromatic heterocycles. The maximum atomic E-state index is 11.0. The Morgan fingerprint density at radius 1 is 1.64 bits per heavy atom. The van der Waals surface area contributed by atoms with Crippen LogP contribution in [-0.2, 0) is 4.79 Å². The van der Waals surface area contributed by atoms with Crippen LogP contribution in [-0.4, -0.2) is 24.0 Å². The van der Waals surface area contributed by atoms with Gasteiger partial charge in [-0.15, -0.1) is 0 Å². The third-order valence-corrected chi connectivity index (χ3v) is 1.86. The van der Waals surface area contributed by atoms with Crippen molar-refractivity contribution in [3.05, 3.63) is 22.9 Å². The molecule has 0 aromatic carbocycles. The summed E-state index contributed by atoms with van der Waals surface area (Å²) >= 11 is 3.26. The normalized spacial score (nSPS) is 9.57. The first kappa shape index (κ1) is 11.0. The van der Waals surface area contributed by atoms with Gasteiger partial charge >= 0.3 is 0 Å². The van der Waals surface area contributed by atoms with Crippen LogP contribution in [0.5, 0.6) is 5.75 Å². The first-order valence-electron chi connectivity index (χ1n) is 4.22. The molecule has 1 aromatic rings. The van der Waals surface area contributed by atoms with Crippen molar-refractivity contribution in [1.82, 2.24) is 10.3 Å². The van der Waals surface area contributed by atoms with E-state index < -0.39 is 0 Å². The molecule has 0 aliphatic carbocycles. The first-order valence-corrected chi connectivity index (χ1v) is 5.01. The summed E-state index contributed by atoms with van der Waals surface area (Å²) in [4.78, 5) is 14.9. The summed E-state index contributed by atoms with van der Waals surface area (Å²) in [7, 11) is 0. The Morgan fingerprint density at radius 3 is 3.07 bits per heavy atom. The number of carbonyl (C=O) groups is 1. The van der Waals surface area contributed by atoms with Crippen LogP contribution in [0, 0.1) is 0 Å². The van der Waals surface area contributed by atoms with Crippen molar-refractivity contribution >= 4 is 21.8 Å². The molecule has 0 fully saturated rings. The number of ether oxygens (including phenoxy) is 1. The molecule has 0 saturated carbocycles. The molecule has 76 valence electrons. The topological polar surface area (TPSA) is 51.2 Å². The Labute approximate surface area is 90.8 Å². The lowest BCUT2D eigenvalue weighted by molar-refractivity contribution is -0.122. The number of nitrogens with zero attached hydrogens (tertiary/aromatic N) is 1. The number of halogens is 1. The van der Waals surface area contributed by atoms with Gasteiger partial charge in [0.1, 0.15) is 5.75 Å². The van der Waals surface area contributed by atoms with Crippen LogP contribution < -0.4 is 10.1 Å². The lowest BCUT2D eigenvalue weighted by Crippen LogP contribution is -2.28. The van der Waals surface area contributed by atoms with Crippen molar-refractivity contribution in [3.8, 4) is 5.75 Å². The van der Waals surface area contributed by atoms with Gasteiger partial charge in [-0.2, -0.15) is 0 Å². The summed E-state index contributed by atoms with van der Waals surface area (Å²) in [5, 5.41) is 2.63. The molecule has 1 N–H and O–H groups in total. The Bertz CT molecular complexity index is 317. The van der Waals surface area contributed by atoms with Crippen LogP contribution in [0.4, 0.5) is 0 Å². The van der Waals surface area contributed by atoms with E-state index in [0.29, 0.717) is 12.3 Å². The van der Waals surface area contributed by atoms with Crippen molar-refractivity contribution in [3.63, 3.8) is 0 Å². The number of amides is 1. The lowest BCUT2D eigenvalue weighted by Gasteiger charge is -2.05. The minimum Gasteiger partial charge on any atom is -0.482 e. The molecule has 1 rings (SSSR count). The van der Waals surface area contributed by atoms with E-state index in [2.05, 4.69) is 26.2 Å². The van der Waals surface area contributed by atoms with E-state index >= 15 is 0 Å². The number of pyridine rings is 1. The fourth-order valence-electron chi connectivity index (χ4n) is 0.868. The van der Waals surface area contributed by atoms with Crippen molar-refractivity contribution in [2.24, 2.45) is 0 Å². The minimum atomic E-state index is -0.132. The summed E-state index contributed by atoms with van der Waals surface area (Å²) < 4.78 is 6.02. The second-order valence-electron chi connectivity index (χ2n) is 2.58. The molecule has 1 heterocycles. The lowest BCUT2D eigenvalue weighted by atomic mass is 10.4. The Hall–Kier alpha value is -1.10. The molecule has 14 heavy (non-hydrogen) atoms. The summed E-state index contributed by atoms with van der Waals surface area (Å²) in [6.45, 7) is 2.49. The average molecular weight is 259 g/mol. The highest BCUT2D eigenvalue weighted by Gasteiger charge is 2.01. The molecule has 0 spiro atoms. The van der Waals surface area contributed by atoms with Gasteiger partial charge in [-0.1, -0.05) is 0 Å². The number of aromatic nitrogens is 1. The molecular weight excluding hydrogens is 248 g/mol. The predicted molar refractivity (Wildman–Crippen MR) is 56.1 cm³/mol. The molecule has 0 aliphatic heterocycles. The van der Waals surface area contributed by atoms with E-state index in [4.69, 9.17) is 4.74 Å². The number of likely N-dealkylation sites (N-methyl/N-ethyl adjacent to an activating group) is 1. The minimum absolute atomic E-state index is 0.0198. The first-order chi connectivity index (χ1) is 6.72. The fourth-order valence-corrected chi connectivity index (χ4v) is 1.21. The zero-order valence-corrected chi connectivity index (χ0v) is 9.37. The monoisotopic (exact) mass is 258 g/mol. The van der Waals surface area contributed by atoms with Crippen LogP contribution >= 0.6 is 15.9 Å². The van der Waals surface area contributed by atoms with E-state index in [1.807, 2.05) is 6.92 Å². The van der Waals surface area contributed by atoms with Crippen molar-refractivity contribution in [2.75, 3.05) is 13.2 Å². The summed E-state index contributed by atoms with van der Waals surface area (Å²) in [6, 6.07) is 1.76. The van der Waals surface area contributed by atoms with E-state index in [9.17, 15) is 4.79 Å². The molecule has 0 saturated heterocycles. The summed E-state index contributed by atoms with van der Waals surface area (Å²) in [6.07, 6.45) is 3.21. The Balaban J connectivity index is 2.41. The quantitative estimate of drug-likeness (QED) is 0.888. The average Bonchev–Trinajstić information content (AvgIpc) is 2.15. The standard InChI is InChI=1S/C9H11BrN2O2/c1-2-12-9(13)6-14-8-3-7(10)4-11-5-8/h3-5H,2,6H2,1H3,(H,12,13). The van der Waals surface area contributed by atoms with Gasteiger partial charge in [0, 0.05) is 17.2 Å². The smallest absolute Gasteiger partial charge is 0.257 e. The van der Waals surface area contributed by atoms with Gasteiger partial charge in [-0.25, -0.2) is 0 Å². The van der Waals surface area contributed by atoms with E-state index in [-0.39, 0.29) is 12.5 Å². The third kappa shape index (κ3) is 3.74. The van der Waals surface area contributed by atoms with Crippen molar-refractivity contribution in [2.45, 2.75) is 6.92 Å². The van der Waals surface area contributed by atoms with E-state index in [1.165, 1.54) is 0 Å². The van der Waals surface area contributed by atoms with Gasteiger partial charge < -0.3 is 10.1 Å². The molecule has 0 radical (unpaired) electrons. The Kier molecular flexibility index (Phi) is 4.39. The molecular formula is C9H11BrN2O2. The fraction of sp³-hybridized carbons (Fsp3) is 0.333. The molecule has 0 atom stereocenters. The predicted octanol–water partition coefficient (Wildman–Crippen LogP) is 1.36. The molecule has 1 amide bonds. The largest absolute Gasteiger partial charge is 0.482 e. The van der Waals surface area contributed by atoms with Gasteiger partial charge in [0.25, 0.3) is 5.91 Å². The van der Waals surface area contributed by atoms with Crippen LogP contribution in [0.15, 0.2) is 22.9 Å². The molecule has 5 heteroatoms. The Morgan fingerprint density at radius 2 is 2.43 bits per heavy atom. The van der Waals surface area contributed by atoms with Crippen LogP contribution in [0.3, 0.4) is 0 Å². The van der Waals surface area contributed by atoms with Gasteiger partial charge in [-0.05, 0) is 28.9 Å². The van der Waals surface area contributed by atoms with Gasteiger partial charge in [0.15, 0.2) is 6.61 Å². The van der Waals surface area contributed by atoms with Gasteiger partial charge in [-0.3, -0.25) is 9.78 Å². The maximum absolute atomic E-state index is 11.0. The summed E-state index contributed by atoms with van der Waals surface area (Å²) in [5.74, 6) is 0.443. The second kappa shape index (κ2) is 5.59. The van der Waals surface area contributed by atoms with Crippen molar-refractivity contribution < 1.29 is 9.53 Å². The second-order valence-corrected chi connectivity index (χ2v) is 3.50. The van der Waals surface area contributed by atoms with Crippen LogP contribution in [0.2, 0.25) is 0 Å². The van der Waals surface area contributed by atoms with E-state index in [1.54, 1.807) is 18.5 Å². The zero-order valence-electron chi connectivity index (χ0n) is 7.79. The molecule has 0 unspecified atom stereocenters.